The van der Waals surface area contributed by atoms with Crippen LogP contribution < -0.4 is 9.62 Å². The Kier molecular flexibility index (Phi) is 10.7. The minimum absolute atomic E-state index is 0.0111. The monoisotopic (exact) mass is 637 g/mol. The van der Waals surface area contributed by atoms with Crippen molar-refractivity contribution in [3.8, 4) is 0 Å². The number of sulfonamides is 1. The number of rotatable bonds is 10. The average molecular weight is 639 g/mol. The average Bonchev–Trinajstić information content (AvgIpc) is 2.89. The summed E-state index contributed by atoms with van der Waals surface area (Å²) in [5.41, 5.74) is 0.860. The summed E-state index contributed by atoms with van der Waals surface area (Å²) in [5, 5.41) is 3.99. The third-order valence-corrected chi connectivity index (χ3v) is 8.89. The lowest BCUT2D eigenvalue weighted by molar-refractivity contribution is -0.141. The van der Waals surface area contributed by atoms with Gasteiger partial charge in [0.15, 0.2) is 0 Å². The molecule has 0 saturated carbocycles. The van der Waals surface area contributed by atoms with Gasteiger partial charge in [0, 0.05) is 27.2 Å². The highest BCUT2D eigenvalue weighted by molar-refractivity contribution is 7.92. The molecule has 1 atom stereocenters. The molecule has 220 valence electrons. The summed E-state index contributed by atoms with van der Waals surface area (Å²) in [5.74, 6) is -0.958. The molecule has 0 radical (unpaired) electrons. The van der Waals surface area contributed by atoms with Crippen LogP contribution in [0.3, 0.4) is 0 Å². The van der Waals surface area contributed by atoms with Crippen molar-refractivity contribution in [1.82, 2.24) is 10.2 Å². The second-order valence-corrected chi connectivity index (χ2v) is 13.8. The molecule has 0 aliphatic carbocycles. The molecule has 0 heterocycles. The third-order valence-electron chi connectivity index (χ3n) is 6.29. The Morgan fingerprint density at radius 1 is 0.927 bits per heavy atom. The highest BCUT2D eigenvalue weighted by atomic mass is 35.5. The Morgan fingerprint density at radius 3 is 2.12 bits per heavy atom. The van der Waals surface area contributed by atoms with Gasteiger partial charge in [-0.05, 0) is 81.6 Å². The van der Waals surface area contributed by atoms with E-state index in [0.29, 0.717) is 26.2 Å². The fourth-order valence-corrected chi connectivity index (χ4v) is 6.42. The number of benzene rings is 3. The molecule has 0 saturated heterocycles. The lowest BCUT2D eigenvalue weighted by Gasteiger charge is -2.35. The predicted molar refractivity (Wildman–Crippen MR) is 166 cm³/mol. The summed E-state index contributed by atoms with van der Waals surface area (Å²) < 4.78 is 29.0. The number of hydrogen-bond acceptors (Lipinski definition) is 4. The molecule has 0 fully saturated rings. The lowest BCUT2D eigenvalue weighted by atomic mass is 10.1. The van der Waals surface area contributed by atoms with E-state index in [1.807, 2.05) is 20.8 Å². The highest BCUT2D eigenvalue weighted by Crippen LogP contribution is 2.30. The van der Waals surface area contributed by atoms with Crippen LogP contribution in [0.25, 0.3) is 0 Å². The highest BCUT2D eigenvalue weighted by Gasteiger charge is 2.35. The van der Waals surface area contributed by atoms with E-state index in [4.69, 9.17) is 34.8 Å². The van der Waals surface area contributed by atoms with Crippen molar-refractivity contribution in [2.24, 2.45) is 0 Å². The Labute approximate surface area is 257 Å². The van der Waals surface area contributed by atoms with E-state index in [1.165, 1.54) is 23.1 Å². The summed E-state index contributed by atoms with van der Waals surface area (Å²) in [4.78, 5) is 29.0. The quantitative estimate of drug-likeness (QED) is 0.263. The Morgan fingerprint density at radius 2 is 1.54 bits per heavy atom. The molecule has 7 nitrogen and oxygen atoms in total. The number of anilines is 1. The Balaban J connectivity index is 2.13. The van der Waals surface area contributed by atoms with Crippen LogP contribution >= 0.6 is 34.8 Å². The second kappa shape index (κ2) is 13.5. The number of amides is 2. The van der Waals surface area contributed by atoms with Gasteiger partial charge in [0.25, 0.3) is 10.0 Å². The third kappa shape index (κ3) is 8.38. The predicted octanol–water partition coefficient (Wildman–Crippen LogP) is 6.87. The van der Waals surface area contributed by atoms with E-state index >= 15 is 0 Å². The van der Waals surface area contributed by atoms with Gasteiger partial charge in [0.05, 0.1) is 10.6 Å². The minimum atomic E-state index is -4.21. The zero-order valence-electron chi connectivity index (χ0n) is 23.6. The smallest absolute Gasteiger partial charge is 0.264 e. The number of halogens is 3. The number of nitrogens with zero attached hydrogens (tertiary/aromatic N) is 2. The van der Waals surface area contributed by atoms with Crippen LogP contribution in [-0.4, -0.2) is 43.3 Å². The summed E-state index contributed by atoms with van der Waals surface area (Å²) in [6, 6.07) is 16.7. The van der Waals surface area contributed by atoms with E-state index in [0.717, 1.165) is 4.31 Å². The molecule has 0 spiro atoms. The van der Waals surface area contributed by atoms with Gasteiger partial charge in [-0.3, -0.25) is 13.9 Å². The normalized spacial score (nSPS) is 12.5. The van der Waals surface area contributed by atoms with E-state index < -0.39 is 34.1 Å². The largest absolute Gasteiger partial charge is 0.350 e. The van der Waals surface area contributed by atoms with Crippen LogP contribution in [-0.2, 0) is 26.2 Å². The topological polar surface area (TPSA) is 86.8 Å². The Bertz CT molecular complexity index is 1510. The fraction of sp³-hybridized carbons (Fsp3) is 0.333. The van der Waals surface area contributed by atoms with Gasteiger partial charge in [0.1, 0.15) is 12.6 Å². The molecule has 3 rings (SSSR count). The zero-order chi connectivity index (χ0) is 30.5. The molecular weight excluding hydrogens is 605 g/mol. The van der Waals surface area contributed by atoms with Gasteiger partial charge in [0.2, 0.25) is 11.8 Å². The van der Waals surface area contributed by atoms with Crippen molar-refractivity contribution in [1.29, 1.82) is 0 Å². The maximum absolute atomic E-state index is 14.2. The lowest BCUT2D eigenvalue weighted by Crippen LogP contribution is -2.55. The number of nitrogens with one attached hydrogen (secondary N) is 1. The Hall–Kier alpha value is -2.78. The first kappa shape index (κ1) is 32.7. The molecule has 3 aromatic carbocycles. The maximum atomic E-state index is 14.2. The van der Waals surface area contributed by atoms with Gasteiger partial charge >= 0.3 is 0 Å². The molecule has 0 aromatic heterocycles. The van der Waals surface area contributed by atoms with Crippen LogP contribution in [0.4, 0.5) is 5.69 Å². The van der Waals surface area contributed by atoms with Crippen molar-refractivity contribution in [2.75, 3.05) is 10.8 Å². The number of hydrogen-bond donors (Lipinski definition) is 1. The van der Waals surface area contributed by atoms with Gasteiger partial charge in [-0.25, -0.2) is 8.42 Å². The van der Waals surface area contributed by atoms with Gasteiger partial charge in [-0.1, -0.05) is 72.1 Å². The van der Waals surface area contributed by atoms with E-state index in [9.17, 15) is 18.0 Å². The summed E-state index contributed by atoms with van der Waals surface area (Å²) in [7, 11) is -4.21. The minimum Gasteiger partial charge on any atom is -0.350 e. The van der Waals surface area contributed by atoms with E-state index in [2.05, 4.69) is 5.32 Å². The van der Waals surface area contributed by atoms with E-state index in [1.54, 1.807) is 62.4 Å². The van der Waals surface area contributed by atoms with Crippen molar-refractivity contribution in [3.63, 3.8) is 0 Å². The van der Waals surface area contributed by atoms with Crippen LogP contribution in [0.5, 0.6) is 0 Å². The molecule has 0 bridgehead atoms. The summed E-state index contributed by atoms with van der Waals surface area (Å²) >= 11 is 18.8. The van der Waals surface area contributed by atoms with Crippen molar-refractivity contribution in [2.45, 2.75) is 64.1 Å². The first-order chi connectivity index (χ1) is 19.1. The number of carbonyl (C=O) groups is 2. The number of carbonyl (C=O) groups excluding carboxylic acids is 2. The first-order valence-corrected chi connectivity index (χ1v) is 15.6. The second-order valence-electron chi connectivity index (χ2n) is 10.7. The number of aryl methyl sites for hydroxylation is 1. The van der Waals surface area contributed by atoms with Crippen LogP contribution in [0.1, 0.15) is 45.2 Å². The van der Waals surface area contributed by atoms with Gasteiger partial charge in [-0.15, -0.1) is 0 Å². The van der Waals surface area contributed by atoms with Crippen LogP contribution in [0, 0.1) is 6.92 Å². The van der Waals surface area contributed by atoms with Gasteiger partial charge < -0.3 is 10.2 Å². The molecule has 1 N–H and O–H groups in total. The van der Waals surface area contributed by atoms with Gasteiger partial charge in [-0.2, -0.15) is 0 Å². The summed E-state index contributed by atoms with van der Waals surface area (Å²) in [6.07, 6.45) is 0.278. The van der Waals surface area contributed by atoms with Crippen molar-refractivity contribution in [3.05, 3.63) is 92.9 Å². The molecule has 41 heavy (non-hydrogen) atoms. The standard InChI is InChI=1S/C30H34Cl3N3O4S/c1-6-26(29(38)34-30(3,4)5)35(18-21-13-15-22(31)16-25(21)33)28(37)19-36(27-17-23(32)14-12-20(27)2)41(39,40)24-10-8-7-9-11-24/h7-17,26H,6,18-19H2,1-5H3,(H,34,38)/t26-/m0/s1. The molecule has 2 amide bonds. The zero-order valence-corrected chi connectivity index (χ0v) is 26.7. The molecule has 0 aliphatic heterocycles. The molecule has 0 unspecified atom stereocenters. The van der Waals surface area contributed by atoms with Crippen LogP contribution in [0.15, 0.2) is 71.6 Å². The van der Waals surface area contributed by atoms with Crippen molar-refractivity contribution >= 4 is 62.3 Å². The SMILES string of the molecule is CC[C@@H](C(=O)NC(C)(C)C)N(Cc1ccc(Cl)cc1Cl)C(=O)CN(c1cc(Cl)ccc1C)S(=O)(=O)c1ccccc1. The summed E-state index contributed by atoms with van der Waals surface area (Å²) in [6.45, 7) is 8.43. The molecular formula is C30H34Cl3N3O4S. The van der Waals surface area contributed by atoms with Crippen molar-refractivity contribution < 1.29 is 18.0 Å². The first-order valence-electron chi connectivity index (χ1n) is 13.0. The molecule has 11 heteroatoms. The molecule has 0 aliphatic rings. The van der Waals surface area contributed by atoms with E-state index in [-0.39, 0.29) is 29.5 Å². The maximum Gasteiger partial charge on any atom is 0.264 e. The van der Waals surface area contributed by atoms with Crippen LogP contribution in [0.2, 0.25) is 15.1 Å². The fourth-order valence-electron chi connectivity index (χ4n) is 4.29. The molecule has 3 aromatic rings.